The number of hydrazone groups is 1. The quantitative estimate of drug-likeness (QED) is 0.00407. The predicted molar refractivity (Wildman–Crippen MR) is 331 cm³/mol. The number of alkyl halides is 4. The molecule has 0 atom stereocenters. The molecule has 4 aromatic rings. The van der Waals surface area contributed by atoms with Crippen molar-refractivity contribution >= 4 is 80.3 Å². The lowest BCUT2D eigenvalue weighted by molar-refractivity contribution is -0.148. The summed E-state index contributed by atoms with van der Waals surface area (Å²) in [6.45, 7) is 12.5. The van der Waals surface area contributed by atoms with Gasteiger partial charge < -0.3 is 37.9 Å². The summed E-state index contributed by atoms with van der Waals surface area (Å²) in [4.78, 5) is 78.6. The van der Waals surface area contributed by atoms with Crippen LogP contribution in [0, 0.1) is 11.8 Å². The number of allylic oxidation sites excluding steroid dienone is 3. The summed E-state index contributed by atoms with van der Waals surface area (Å²) in [7, 11) is 0. The summed E-state index contributed by atoms with van der Waals surface area (Å²) in [6, 6.07) is 21.3. The molecule has 2 aliphatic rings. The van der Waals surface area contributed by atoms with E-state index in [1.807, 2.05) is 24.3 Å². The van der Waals surface area contributed by atoms with Crippen LogP contribution in [0.5, 0.6) is 17.2 Å². The van der Waals surface area contributed by atoms with Crippen LogP contribution in [0.3, 0.4) is 0 Å². The van der Waals surface area contributed by atoms with Crippen LogP contribution in [-0.4, -0.2) is 104 Å². The first kappa shape index (κ1) is 71.2. The number of carbonyl (C=O) groups is 6. The van der Waals surface area contributed by atoms with Gasteiger partial charge >= 0.3 is 42.0 Å². The third-order valence-electron chi connectivity index (χ3n) is 14.1. The Balaban J connectivity index is 0.000000592. The van der Waals surface area contributed by atoms with Crippen LogP contribution < -0.4 is 19.2 Å². The van der Waals surface area contributed by atoms with Gasteiger partial charge in [-0.1, -0.05) is 36.6 Å². The number of benzene rings is 3. The molecule has 0 amide bonds. The monoisotopic (exact) mass is 1260 g/mol. The lowest BCUT2D eigenvalue weighted by Gasteiger charge is -2.27. The van der Waals surface area contributed by atoms with Crippen LogP contribution in [0.4, 0.5) is 18.3 Å². The van der Waals surface area contributed by atoms with E-state index in [1.54, 1.807) is 68.6 Å². The first-order valence-electron chi connectivity index (χ1n) is 30.0. The van der Waals surface area contributed by atoms with Gasteiger partial charge in [-0.15, -0.1) is 11.6 Å². The summed E-state index contributed by atoms with van der Waals surface area (Å²) >= 11 is 6.95. The molecule has 17 nitrogen and oxygen atoms in total. The predicted octanol–water partition coefficient (Wildman–Crippen LogP) is 14.9. The highest BCUT2D eigenvalue weighted by Crippen LogP contribution is 2.33. The number of hydrogen-bond acceptors (Lipinski definition) is 18. The zero-order valence-corrected chi connectivity index (χ0v) is 51.8. The Hall–Kier alpha value is -7.52. The first-order valence-corrected chi connectivity index (χ1v) is 31.3. The fraction of sp³-hybridized carbons (Fsp3) is 0.485. The number of nitrogens with zero attached hydrogens (tertiary/aromatic N) is 3. The number of rotatable bonds is 34. The third-order valence-corrected chi connectivity index (χ3v) is 15.3. The minimum Gasteiger partial charge on any atom is -0.494 e. The van der Waals surface area contributed by atoms with E-state index in [0.717, 1.165) is 67.7 Å². The van der Waals surface area contributed by atoms with E-state index in [0.29, 0.717) is 111 Å². The molecule has 0 bridgehead atoms. The molecule has 3 aromatic carbocycles. The van der Waals surface area contributed by atoms with Crippen LogP contribution in [-0.2, 0) is 47.7 Å². The van der Waals surface area contributed by atoms with Crippen molar-refractivity contribution in [2.75, 3.05) is 43.9 Å². The molecule has 0 N–H and O–H groups in total. The second kappa shape index (κ2) is 39.4. The fourth-order valence-electron chi connectivity index (χ4n) is 9.21. The molecule has 0 aliphatic heterocycles. The van der Waals surface area contributed by atoms with E-state index in [-0.39, 0.29) is 67.0 Å². The van der Waals surface area contributed by atoms with Crippen molar-refractivity contribution < 1.29 is 79.8 Å². The molecule has 0 saturated heterocycles. The van der Waals surface area contributed by atoms with Crippen molar-refractivity contribution in [2.45, 2.75) is 154 Å². The topological polar surface area (TPSA) is 205 Å². The third kappa shape index (κ3) is 27.3. The van der Waals surface area contributed by atoms with Crippen LogP contribution in [0.2, 0.25) is 0 Å². The number of ether oxygens (including phenoxy) is 8. The largest absolute Gasteiger partial charge is 0.494 e. The minimum atomic E-state index is -4.13. The number of carbonyl (C=O) groups excluding carboxylic acids is 6. The number of hydrogen-bond donors (Lipinski definition) is 0. The fourth-order valence-corrected chi connectivity index (χ4v) is 10.3. The van der Waals surface area contributed by atoms with E-state index in [2.05, 4.69) is 23.2 Å². The maximum absolute atomic E-state index is 13.1. The number of esters is 6. The standard InChI is InChI=1S/C53H67ClO14.C13H14F3N3S/c1-4-42(65-51(58)40-19-26-46(27-20-40)67-52(59)39-15-22-43(23-16-39)61-34-10-7-9-13-37-64-49(56)32-33-54)21-14-38(3)50(57)66-45-24-17-41(18-25-45)53(60)68-47-30-28-44(29-31-47)62-35-11-6-8-12-36-63-48(55)5-2;1-2-17-19(9-5-8-13(14,15)16)12-18-10-6-3-4-7-11(10)20-12/h4-5,14-16,21-23,28-31,40-41,45-46H,1-2,6-13,17-20,24-27,32-37H2,3H3;2-4,6-7H,5,8-9H2,1H3/b38-14+,42-21?;17-2+. The Morgan fingerprint density at radius 1 is 0.682 bits per heavy atom. The van der Waals surface area contributed by atoms with Crippen molar-refractivity contribution in [1.29, 1.82) is 0 Å². The number of aromatic nitrogens is 1. The SMILES string of the molecule is C/C=N/N(CCCC(F)(F)F)c1nc2ccccc2s1.C=CC(=O)OCCCCCCOc1ccc(OC(=O)C2CCC(OC(=O)/C(C)=C/C=C(C=C)OC(=O)C3CCC(OC(=O)c4ccc(OCCCCCCOC(=O)CCCl)cc4)CC3)CC2)cc1. The van der Waals surface area contributed by atoms with Gasteiger partial charge in [-0.05, 0) is 202 Å². The molecule has 88 heavy (non-hydrogen) atoms. The van der Waals surface area contributed by atoms with Crippen LogP contribution in [0.25, 0.3) is 10.2 Å². The lowest BCUT2D eigenvalue weighted by Crippen LogP contribution is -2.30. The second-order valence-electron chi connectivity index (χ2n) is 21.0. The molecule has 1 heterocycles. The number of thiazole rings is 1. The van der Waals surface area contributed by atoms with Gasteiger partial charge in [0, 0.05) is 36.7 Å². The number of anilines is 1. The highest BCUT2D eigenvalue weighted by atomic mass is 35.5. The second-order valence-corrected chi connectivity index (χ2v) is 22.3. The Labute approximate surface area is 522 Å². The zero-order valence-electron chi connectivity index (χ0n) is 50.2. The minimum absolute atomic E-state index is 0.00321. The Bertz CT molecular complexity index is 2900. The normalized spacial score (nSPS) is 16.9. The molecule has 2 saturated carbocycles. The molecule has 0 radical (unpaired) electrons. The van der Waals surface area contributed by atoms with Gasteiger partial charge in [-0.3, -0.25) is 14.4 Å². The molecule has 6 rings (SSSR count). The lowest BCUT2D eigenvalue weighted by atomic mass is 9.87. The highest BCUT2D eigenvalue weighted by molar-refractivity contribution is 7.22. The van der Waals surface area contributed by atoms with E-state index >= 15 is 0 Å². The average molecular weight is 1260 g/mol. The van der Waals surface area contributed by atoms with Crippen LogP contribution >= 0.6 is 22.9 Å². The smallest absolute Gasteiger partial charge is 0.389 e. The molecular weight excluding hydrogens is 1180 g/mol. The average Bonchev–Trinajstić information content (AvgIpc) is 3.66. The Morgan fingerprint density at radius 3 is 1.81 bits per heavy atom. The summed E-state index contributed by atoms with van der Waals surface area (Å²) in [6.07, 6.45) is 12.8. The highest BCUT2D eigenvalue weighted by Gasteiger charge is 2.32. The Morgan fingerprint density at radius 2 is 1.24 bits per heavy atom. The summed E-state index contributed by atoms with van der Waals surface area (Å²) in [5, 5.41) is 6.24. The van der Waals surface area contributed by atoms with Crippen LogP contribution in [0.15, 0.2) is 127 Å². The maximum Gasteiger partial charge on any atom is 0.389 e. The van der Waals surface area contributed by atoms with Crippen molar-refractivity contribution in [3.05, 3.63) is 127 Å². The van der Waals surface area contributed by atoms with Gasteiger partial charge in [0.25, 0.3) is 0 Å². The maximum atomic E-state index is 13.1. The van der Waals surface area contributed by atoms with Gasteiger partial charge in [-0.2, -0.15) is 18.3 Å². The van der Waals surface area contributed by atoms with E-state index in [9.17, 15) is 41.9 Å². The van der Waals surface area contributed by atoms with E-state index < -0.39 is 36.5 Å². The van der Waals surface area contributed by atoms with Crippen molar-refractivity contribution in [3.8, 4) is 17.2 Å². The van der Waals surface area contributed by atoms with Gasteiger partial charge in [0.15, 0.2) is 0 Å². The van der Waals surface area contributed by atoms with Crippen molar-refractivity contribution in [1.82, 2.24) is 4.98 Å². The molecular formula is C66H81ClF3N3O14S. The van der Waals surface area contributed by atoms with Crippen molar-refractivity contribution in [2.24, 2.45) is 16.9 Å². The molecule has 478 valence electrons. The zero-order chi connectivity index (χ0) is 63.5. The molecule has 2 aliphatic carbocycles. The summed E-state index contributed by atoms with van der Waals surface area (Å²) in [5.41, 5.74) is 1.56. The van der Waals surface area contributed by atoms with Crippen molar-refractivity contribution in [3.63, 3.8) is 0 Å². The first-order chi connectivity index (χ1) is 42.5. The summed E-state index contributed by atoms with van der Waals surface area (Å²) in [5.74, 6) is -0.852. The molecule has 2 fully saturated rings. The number of halogens is 4. The van der Waals surface area contributed by atoms with E-state index in [1.165, 1.54) is 34.6 Å². The Kier molecular flexibility index (Phi) is 31.9. The molecule has 0 spiro atoms. The molecule has 22 heteroatoms. The van der Waals surface area contributed by atoms with Gasteiger partial charge in [0.05, 0.1) is 60.5 Å². The van der Waals surface area contributed by atoms with Crippen LogP contribution in [0.1, 0.15) is 146 Å². The van der Waals surface area contributed by atoms with Gasteiger partial charge in [0.2, 0.25) is 5.13 Å². The molecule has 1 aromatic heterocycles. The van der Waals surface area contributed by atoms with Gasteiger partial charge in [0.1, 0.15) is 35.2 Å². The number of fused-ring (bicyclic) bond motifs is 1. The number of unbranched alkanes of at least 4 members (excludes halogenated alkanes) is 6. The van der Waals surface area contributed by atoms with Gasteiger partial charge in [-0.25, -0.2) is 24.4 Å². The summed E-state index contributed by atoms with van der Waals surface area (Å²) < 4.78 is 81.9. The number of para-hydroxylation sites is 1. The molecule has 0 unspecified atom stereocenters. The van der Waals surface area contributed by atoms with E-state index in [4.69, 9.17) is 49.5 Å².